The molecule has 2 aromatic carbocycles. The molecule has 0 saturated heterocycles. The van der Waals surface area contributed by atoms with Crippen LogP contribution in [-0.4, -0.2) is 4.92 Å². The van der Waals surface area contributed by atoms with Crippen LogP contribution in [0.4, 0.5) is 10.1 Å². The summed E-state index contributed by atoms with van der Waals surface area (Å²) in [5.41, 5.74) is 1.29. The Hall–Kier alpha value is -2.43. The molecule has 4 nitrogen and oxygen atoms in total. The van der Waals surface area contributed by atoms with Crippen LogP contribution in [0.15, 0.2) is 42.5 Å². The number of nitro benzene ring substituents is 1. The van der Waals surface area contributed by atoms with Gasteiger partial charge in [-0.3, -0.25) is 10.1 Å². The highest BCUT2D eigenvalue weighted by atomic mass is 19.1. The van der Waals surface area contributed by atoms with Gasteiger partial charge < -0.3 is 4.74 Å². The Kier molecular flexibility index (Phi) is 4.30. The van der Waals surface area contributed by atoms with Gasteiger partial charge in [0.05, 0.1) is 11.0 Å². The van der Waals surface area contributed by atoms with E-state index < -0.39 is 10.7 Å². The summed E-state index contributed by atoms with van der Waals surface area (Å²) in [6.45, 7) is 2.13. The van der Waals surface area contributed by atoms with Crippen LogP contribution in [0.2, 0.25) is 0 Å². The summed E-state index contributed by atoms with van der Waals surface area (Å²) in [5, 5.41) is 10.7. The Morgan fingerprint density at radius 1 is 1.20 bits per heavy atom. The van der Waals surface area contributed by atoms with Gasteiger partial charge in [-0.05, 0) is 35.7 Å². The number of benzene rings is 2. The predicted octanol–water partition coefficient (Wildman–Crippen LogP) is 3.88. The van der Waals surface area contributed by atoms with Crippen molar-refractivity contribution >= 4 is 5.69 Å². The summed E-state index contributed by atoms with van der Waals surface area (Å²) in [4.78, 5) is 10.0. The number of hydrogen-bond acceptors (Lipinski definition) is 3. The molecule has 0 spiro atoms. The van der Waals surface area contributed by atoms with Gasteiger partial charge >= 0.3 is 0 Å². The minimum absolute atomic E-state index is 0.0891. The lowest BCUT2D eigenvalue weighted by Crippen LogP contribution is -1.98. The highest BCUT2D eigenvalue weighted by Crippen LogP contribution is 2.19. The standard InChI is InChI=1S/C15H14FNO3/c1-2-11-4-3-5-15(8-11)20-10-12-6-13(16)9-14(7-12)17(18)19/h3-9H,2,10H2,1H3. The number of nitro groups is 1. The predicted molar refractivity (Wildman–Crippen MR) is 73.2 cm³/mol. The van der Waals surface area contributed by atoms with Crippen molar-refractivity contribution < 1.29 is 14.1 Å². The normalized spacial score (nSPS) is 10.3. The second-order valence-electron chi connectivity index (χ2n) is 4.36. The van der Waals surface area contributed by atoms with Gasteiger partial charge in [0.1, 0.15) is 18.2 Å². The summed E-state index contributed by atoms with van der Waals surface area (Å²) in [5.74, 6) is 0.0244. The number of non-ortho nitro benzene ring substituents is 1. The Labute approximate surface area is 116 Å². The van der Waals surface area contributed by atoms with E-state index in [0.717, 1.165) is 18.1 Å². The van der Waals surface area contributed by atoms with E-state index in [4.69, 9.17) is 4.74 Å². The molecular weight excluding hydrogens is 261 g/mol. The van der Waals surface area contributed by atoms with Crippen molar-refractivity contribution in [3.05, 3.63) is 69.5 Å². The third-order valence-corrected chi connectivity index (χ3v) is 2.87. The zero-order chi connectivity index (χ0) is 14.5. The molecule has 0 radical (unpaired) electrons. The first-order valence-electron chi connectivity index (χ1n) is 6.24. The van der Waals surface area contributed by atoms with E-state index in [1.165, 1.54) is 12.1 Å². The molecule has 20 heavy (non-hydrogen) atoms. The van der Waals surface area contributed by atoms with Crippen molar-refractivity contribution in [1.82, 2.24) is 0 Å². The number of ether oxygens (including phenoxy) is 1. The van der Waals surface area contributed by atoms with E-state index in [2.05, 4.69) is 0 Å². The first kappa shape index (κ1) is 14.0. The Bertz CT molecular complexity index is 628. The number of aryl methyl sites for hydroxylation is 1. The van der Waals surface area contributed by atoms with Gasteiger partial charge in [-0.1, -0.05) is 19.1 Å². The van der Waals surface area contributed by atoms with Gasteiger partial charge in [-0.15, -0.1) is 0 Å². The van der Waals surface area contributed by atoms with Crippen molar-refractivity contribution in [3.63, 3.8) is 0 Å². The molecular formula is C15H14FNO3. The average molecular weight is 275 g/mol. The van der Waals surface area contributed by atoms with Crippen molar-refractivity contribution in [2.75, 3.05) is 0 Å². The number of halogens is 1. The molecule has 0 unspecified atom stereocenters. The lowest BCUT2D eigenvalue weighted by atomic mass is 10.1. The summed E-state index contributed by atoms with van der Waals surface area (Å²) in [6.07, 6.45) is 0.892. The second-order valence-corrected chi connectivity index (χ2v) is 4.36. The molecule has 0 N–H and O–H groups in total. The number of nitrogens with zero attached hydrogens (tertiary/aromatic N) is 1. The van der Waals surface area contributed by atoms with Gasteiger partial charge in [-0.25, -0.2) is 4.39 Å². The van der Waals surface area contributed by atoms with Gasteiger partial charge in [0.25, 0.3) is 5.69 Å². The monoisotopic (exact) mass is 275 g/mol. The molecule has 2 rings (SSSR count). The van der Waals surface area contributed by atoms with Crippen LogP contribution in [0.1, 0.15) is 18.1 Å². The topological polar surface area (TPSA) is 52.4 Å². The number of hydrogen-bond donors (Lipinski definition) is 0. The first-order valence-corrected chi connectivity index (χ1v) is 6.24. The lowest BCUT2D eigenvalue weighted by molar-refractivity contribution is -0.385. The fourth-order valence-electron chi connectivity index (χ4n) is 1.84. The van der Waals surface area contributed by atoms with Crippen LogP contribution >= 0.6 is 0 Å². The van der Waals surface area contributed by atoms with E-state index in [0.29, 0.717) is 11.3 Å². The van der Waals surface area contributed by atoms with E-state index in [1.807, 2.05) is 25.1 Å². The average Bonchev–Trinajstić information content (AvgIpc) is 2.44. The van der Waals surface area contributed by atoms with Crippen LogP contribution in [0, 0.1) is 15.9 Å². The van der Waals surface area contributed by atoms with Gasteiger partial charge in [-0.2, -0.15) is 0 Å². The third-order valence-electron chi connectivity index (χ3n) is 2.87. The van der Waals surface area contributed by atoms with Crippen molar-refractivity contribution in [1.29, 1.82) is 0 Å². The molecule has 0 bridgehead atoms. The van der Waals surface area contributed by atoms with Gasteiger partial charge in [0.15, 0.2) is 0 Å². The van der Waals surface area contributed by atoms with Crippen molar-refractivity contribution in [2.24, 2.45) is 0 Å². The van der Waals surface area contributed by atoms with Crippen LogP contribution in [0.25, 0.3) is 0 Å². The molecule has 0 aliphatic heterocycles. The van der Waals surface area contributed by atoms with E-state index in [-0.39, 0.29) is 12.3 Å². The molecule has 0 saturated carbocycles. The fourth-order valence-corrected chi connectivity index (χ4v) is 1.84. The molecule has 0 atom stereocenters. The molecule has 0 fully saturated rings. The largest absolute Gasteiger partial charge is 0.489 e. The summed E-state index contributed by atoms with van der Waals surface area (Å²) >= 11 is 0. The van der Waals surface area contributed by atoms with Crippen LogP contribution in [0.3, 0.4) is 0 Å². The Balaban J connectivity index is 2.12. The minimum Gasteiger partial charge on any atom is -0.489 e. The highest BCUT2D eigenvalue weighted by Gasteiger charge is 2.10. The maximum absolute atomic E-state index is 13.3. The zero-order valence-corrected chi connectivity index (χ0v) is 11.0. The summed E-state index contributed by atoms with van der Waals surface area (Å²) in [7, 11) is 0. The summed E-state index contributed by atoms with van der Waals surface area (Å²) < 4.78 is 18.8. The minimum atomic E-state index is -0.639. The molecule has 0 amide bonds. The molecule has 0 heterocycles. The van der Waals surface area contributed by atoms with Crippen molar-refractivity contribution in [3.8, 4) is 5.75 Å². The van der Waals surface area contributed by atoms with E-state index >= 15 is 0 Å². The second kappa shape index (κ2) is 6.14. The maximum atomic E-state index is 13.3. The zero-order valence-electron chi connectivity index (χ0n) is 11.0. The van der Waals surface area contributed by atoms with Crippen LogP contribution in [0.5, 0.6) is 5.75 Å². The molecule has 104 valence electrons. The van der Waals surface area contributed by atoms with Crippen molar-refractivity contribution in [2.45, 2.75) is 20.0 Å². The molecule has 5 heteroatoms. The lowest BCUT2D eigenvalue weighted by Gasteiger charge is -2.07. The van der Waals surface area contributed by atoms with E-state index in [1.54, 1.807) is 6.07 Å². The van der Waals surface area contributed by atoms with E-state index in [9.17, 15) is 14.5 Å². The summed E-state index contributed by atoms with van der Waals surface area (Å²) in [6, 6.07) is 11.0. The van der Waals surface area contributed by atoms with Crippen LogP contribution in [-0.2, 0) is 13.0 Å². The van der Waals surface area contributed by atoms with Gasteiger partial charge in [0.2, 0.25) is 0 Å². The van der Waals surface area contributed by atoms with Crippen LogP contribution < -0.4 is 4.74 Å². The van der Waals surface area contributed by atoms with Gasteiger partial charge in [0, 0.05) is 6.07 Å². The first-order chi connectivity index (χ1) is 9.58. The molecule has 2 aromatic rings. The molecule has 0 aliphatic carbocycles. The number of rotatable bonds is 5. The third kappa shape index (κ3) is 3.54. The maximum Gasteiger partial charge on any atom is 0.272 e. The smallest absolute Gasteiger partial charge is 0.272 e. The Morgan fingerprint density at radius 2 is 2.00 bits per heavy atom. The fraction of sp³-hybridized carbons (Fsp3) is 0.200. The highest BCUT2D eigenvalue weighted by molar-refractivity contribution is 5.35. The molecule has 0 aromatic heterocycles. The molecule has 0 aliphatic rings. The Morgan fingerprint density at radius 3 is 2.70 bits per heavy atom. The SMILES string of the molecule is CCc1cccc(OCc2cc(F)cc([N+](=O)[O-])c2)c1. The quantitative estimate of drug-likeness (QED) is 0.614.